The molecule has 0 bridgehead atoms. The van der Waals surface area contributed by atoms with Crippen molar-refractivity contribution in [2.45, 2.75) is 6.54 Å². The zero-order chi connectivity index (χ0) is 16.9. The lowest BCUT2D eigenvalue weighted by Crippen LogP contribution is -2.55. The number of aromatic nitrogens is 2. The molecule has 2 aliphatic heterocycles. The average molecular weight is 335 g/mol. The van der Waals surface area contributed by atoms with Crippen LogP contribution < -0.4 is 0 Å². The van der Waals surface area contributed by atoms with Crippen LogP contribution in [0.5, 0.6) is 0 Å². The van der Waals surface area contributed by atoms with E-state index in [-0.39, 0.29) is 12.5 Å². The largest absolute Gasteiger partial charge is 0.378 e. The molecule has 0 spiro atoms. The Morgan fingerprint density at radius 3 is 2.04 bits per heavy atom. The molecule has 9 heteroatoms. The van der Waals surface area contributed by atoms with Crippen molar-refractivity contribution >= 4 is 17.7 Å². The lowest BCUT2D eigenvalue weighted by atomic mass is 10.2. The third-order valence-corrected chi connectivity index (χ3v) is 4.26. The van der Waals surface area contributed by atoms with Crippen molar-refractivity contribution in [1.29, 1.82) is 0 Å². The first-order valence-corrected chi connectivity index (χ1v) is 8.06. The van der Waals surface area contributed by atoms with Gasteiger partial charge in [0.15, 0.2) is 0 Å². The van der Waals surface area contributed by atoms with Gasteiger partial charge in [-0.3, -0.25) is 19.1 Å². The highest BCUT2D eigenvalue weighted by molar-refractivity contribution is 6.34. The number of ether oxygens (including phenoxy) is 1. The Balaban J connectivity index is 1.48. The van der Waals surface area contributed by atoms with Crippen LogP contribution in [0, 0.1) is 0 Å². The topological polar surface area (TPSA) is 88.0 Å². The SMILES string of the molecule is O=C(Cn1cccn1)N1CCN(C(=O)C(=O)N2CCOCC2)CC1. The van der Waals surface area contributed by atoms with Gasteiger partial charge in [-0.1, -0.05) is 0 Å². The van der Waals surface area contributed by atoms with Gasteiger partial charge in [-0.2, -0.15) is 5.10 Å². The maximum atomic E-state index is 12.3. The molecule has 2 saturated heterocycles. The van der Waals surface area contributed by atoms with E-state index in [0.717, 1.165) is 0 Å². The molecule has 0 saturated carbocycles. The van der Waals surface area contributed by atoms with Crippen molar-refractivity contribution in [3.8, 4) is 0 Å². The summed E-state index contributed by atoms with van der Waals surface area (Å²) in [5.41, 5.74) is 0. The molecule has 1 aromatic rings. The van der Waals surface area contributed by atoms with Crippen LogP contribution in [0.2, 0.25) is 0 Å². The molecule has 3 amide bonds. The highest BCUT2D eigenvalue weighted by Gasteiger charge is 2.31. The van der Waals surface area contributed by atoms with E-state index in [4.69, 9.17) is 4.74 Å². The molecule has 0 aromatic carbocycles. The van der Waals surface area contributed by atoms with Gasteiger partial charge >= 0.3 is 11.8 Å². The first-order chi connectivity index (χ1) is 11.6. The third kappa shape index (κ3) is 3.73. The summed E-state index contributed by atoms with van der Waals surface area (Å²) in [7, 11) is 0. The number of carbonyl (C=O) groups excluding carboxylic acids is 3. The van der Waals surface area contributed by atoms with Crippen LogP contribution in [0.15, 0.2) is 18.5 Å². The van der Waals surface area contributed by atoms with Crippen LogP contribution in [0.1, 0.15) is 0 Å². The van der Waals surface area contributed by atoms with Crippen LogP contribution in [-0.2, 0) is 25.7 Å². The zero-order valence-electron chi connectivity index (χ0n) is 13.5. The van der Waals surface area contributed by atoms with Gasteiger partial charge in [-0.05, 0) is 6.07 Å². The summed E-state index contributed by atoms with van der Waals surface area (Å²) in [6, 6.07) is 1.77. The van der Waals surface area contributed by atoms with Crippen LogP contribution in [0.4, 0.5) is 0 Å². The summed E-state index contributed by atoms with van der Waals surface area (Å²) in [6.45, 7) is 3.64. The monoisotopic (exact) mass is 335 g/mol. The van der Waals surface area contributed by atoms with Gasteiger partial charge in [-0.15, -0.1) is 0 Å². The maximum absolute atomic E-state index is 12.3. The molecular formula is C15H21N5O4. The Morgan fingerprint density at radius 2 is 1.46 bits per heavy atom. The summed E-state index contributed by atoms with van der Waals surface area (Å²) in [4.78, 5) is 41.5. The Kier molecular flexibility index (Phi) is 5.09. The van der Waals surface area contributed by atoms with Crippen molar-refractivity contribution in [3.63, 3.8) is 0 Å². The van der Waals surface area contributed by atoms with Crippen molar-refractivity contribution in [3.05, 3.63) is 18.5 Å². The quantitative estimate of drug-likeness (QED) is 0.608. The summed E-state index contributed by atoms with van der Waals surface area (Å²) < 4.78 is 6.76. The van der Waals surface area contributed by atoms with Gasteiger partial charge in [0.25, 0.3) is 0 Å². The van der Waals surface area contributed by atoms with Crippen molar-refractivity contribution < 1.29 is 19.1 Å². The Morgan fingerprint density at radius 1 is 0.875 bits per heavy atom. The molecular weight excluding hydrogens is 314 g/mol. The number of morpholine rings is 1. The highest BCUT2D eigenvalue weighted by Crippen LogP contribution is 2.07. The second-order valence-electron chi connectivity index (χ2n) is 5.78. The average Bonchev–Trinajstić information content (AvgIpc) is 3.14. The highest BCUT2D eigenvalue weighted by atomic mass is 16.5. The van der Waals surface area contributed by atoms with E-state index in [0.29, 0.717) is 52.5 Å². The molecule has 130 valence electrons. The molecule has 0 atom stereocenters. The van der Waals surface area contributed by atoms with E-state index in [1.165, 1.54) is 9.80 Å². The molecule has 3 heterocycles. The minimum absolute atomic E-state index is 0.0368. The predicted octanol–water partition coefficient (Wildman–Crippen LogP) is -1.59. The number of hydrogen-bond donors (Lipinski definition) is 0. The lowest BCUT2D eigenvalue weighted by Gasteiger charge is -2.35. The molecule has 3 rings (SSSR count). The fourth-order valence-corrected chi connectivity index (χ4v) is 2.83. The van der Waals surface area contributed by atoms with Crippen LogP contribution in [0.25, 0.3) is 0 Å². The van der Waals surface area contributed by atoms with E-state index in [2.05, 4.69) is 5.10 Å². The fraction of sp³-hybridized carbons (Fsp3) is 0.600. The number of amides is 3. The van der Waals surface area contributed by atoms with E-state index >= 15 is 0 Å². The number of hydrogen-bond acceptors (Lipinski definition) is 5. The second kappa shape index (κ2) is 7.43. The molecule has 2 fully saturated rings. The smallest absolute Gasteiger partial charge is 0.312 e. The zero-order valence-corrected chi connectivity index (χ0v) is 13.5. The summed E-state index contributed by atoms with van der Waals surface area (Å²) >= 11 is 0. The van der Waals surface area contributed by atoms with Crippen LogP contribution >= 0.6 is 0 Å². The molecule has 0 N–H and O–H groups in total. The maximum Gasteiger partial charge on any atom is 0.312 e. The predicted molar refractivity (Wildman–Crippen MR) is 82.8 cm³/mol. The summed E-state index contributed by atoms with van der Waals surface area (Å²) in [5, 5.41) is 4.01. The van der Waals surface area contributed by atoms with Gasteiger partial charge in [0, 0.05) is 51.7 Å². The van der Waals surface area contributed by atoms with Gasteiger partial charge in [0.2, 0.25) is 5.91 Å². The molecule has 24 heavy (non-hydrogen) atoms. The third-order valence-electron chi connectivity index (χ3n) is 4.26. The van der Waals surface area contributed by atoms with Gasteiger partial charge in [0.05, 0.1) is 13.2 Å². The summed E-state index contributed by atoms with van der Waals surface area (Å²) in [6.07, 6.45) is 3.36. The van der Waals surface area contributed by atoms with Gasteiger partial charge in [0.1, 0.15) is 6.54 Å². The van der Waals surface area contributed by atoms with Crippen molar-refractivity contribution in [2.24, 2.45) is 0 Å². The van der Waals surface area contributed by atoms with E-state index < -0.39 is 11.8 Å². The first kappa shape index (κ1) is 16.4. The van der Waals surface area contributed by atoms with Gasteiger partial charge in [-0.25, -0.2) is 0 Å². The van der Waals surface area contributed by atoms with Crippen molar-refractivity contribution in [2.75, 3.05) is 52.5 Å². The molecule has 0 unspecified atom stereocenters. The van der Waals surface area contributed by atoms with E-state index in [9.17, 15) is 14.4 Å². The van der Waals surface area contributed by atoms with E-state index in [1.54, 1.807) is 28.0 Å². The summed E-state index contributed by atoms with van der Waals surface area (Å²) in [5.74, 6) is -1.00. The first-order valence-electron chi connectivity index (χ1n) is 8.06. The minimum Gasteiger partial charge on any atom is -0.378 e. The number of piperazine rings is 1. The van der Waals surface area contributed by atoms with E-state index in [1.807, 2.05) is 0 Å². The lowest BCUT2D eigenvalue weighted by molar-refractivity contribution is -0.155. The number of nitrogens with zero attached hydrogens (tertiary/aromatic N) is 5. The number of rotatable bonds is 2. The van der Waals surface area contributed by atoms with Crippen molar-refractivity contribution in [1.82, 2.24) is 24.5 Å². The second-order valence-corrected chi connectivity index (χ2v) is 5.78. The molecule has 0 radical (unpaired) electrons. The molecule has 9 nitrogen and oxygen atoms in total. The molecule has 0 aliphatic carbocycles. The number of carbonyl (C=O) groups is 3. The minimum atomic E-state index is -0.490. The van der Waals surface area contributed by atoms with Gasteiger partial charge < -0.3 is 19.4 Å². The molecule has 1 aromatic heterocycles. The Bertz CT molecular complexity index is 589. The normalized spacial score (nSPS) is 18.6. The fourth-order valence-electron chi connectivity index (χ4n) is 2.83. The Hall–Kier alpha value is -2.42. The molecule has 2 aliphatic rings. The standard InChI is InChI=1S/C15H21N5O4/c21-13(12-20-3-1-2-16-20)17-4-6-18(7-5-17)14(22)15(23)19-8-10-24-11-9-19/h1-3H,4-12H2. The van der Waals surface area contributed by atoms with Crippen LogP contribution in [0.3, 0.4) is 0 Å². The Labute approximate surface area is 139 Å². The van der Waals surface area contributed by atoms with Crippen LogP contribution in [-0.4, -0.2) is 94.7 Å².